The van der Waals surface area contributed by atoms with E-state index >= 15 is 0 Å². The fraction of sp³-hybridized carbons (Fsp3) is 0.208. The second kappa shape index (κ2) is 9.46. The van der Waals surface area contributed by atoms with Crippen LogP contribution in [0.2, 0.25) is 0 Å². The number of aliphatic hydroxyl groups excluding tert-OH is 2. The van der Waals surface area contributed by atoms with Gasteiger partial charge in [0, 0.05) is 24.1 Å². The second-order valence-corrected chi connectivity index (χ2v) is 7.91. The lowest BCUT2D eigenvalue weighted by Crippen LogP contribution is -2.36. The van der Waals surface area contributed by atoms with E-state index in [0.717, 1.165) is 28.3 Å². The van der Waals surface area contributed by atoms with Crippen molar-refractivity contribution in [2.75, 3.05) is 18.9 Å². The molecule has 0 aliphatic heterocycles. The number of amides is 1. The highest BCUT2D eigenvalue weighted by Gasteiger charge is 2.30. The third-order valence-corrected chi connectivity index (χ3v) is 5.84. The summed E-state index contributed by atoms with van der Waals surface area (Å²) >= 11 is 0. The highest BCUT2D eigenvalue weighted by atomic mass is 19.1. The first-order valence-corrected chi connectivity index (χ1v) is 10.5. The zero-order valence-electron chi connectivity index (χ0n) is 17.8. The van der Waals surface area contributed by atoms with Crippen molar-refractivity contribution >= 4 is 17.5 Å². The molecule has 34 heavy (non-hydrogen) atoms. The van der Waals surface area contributed by atoms with Gasteiger partial charge in [0.25, 0.3) is 5.69 Å². The van der Waals surface area contributed by atoms with E-state index in [2.05, 4.69) is 5.32 Å². The lowest BCUT2D eigenvalue weighted by atomic mass is 9.98. The number of halogens is 1. The van der Waals surface area contributed by atoms with Crippen molar-refractivity contribution in [2.24, 2.45) is 0 Å². The van der Waals surface area contributed by atoms with Crippen LogP contribution in [0.5, 0.6) is 0 Å². The number of hydrogen-bond acceptors (Lipinski definition) is 7. The van der Waals surface area contributed by atoms with Gasteiger partial charge in [0.05, 0.1) is 16.7 Å². The van der Waals surface area contributed by atoms with Gasteiger partial charge in [0.1, 0.15) is 18.8 Å². The van der Waals surface area contributed by atoms with Crippen LogP contribution in [0.15, 0.2) is 60.7 Å². The number of carbonyl (C=O) groups is 1. The molecule has 0 saturated heterocycles. The number of nitrogens with one attached hydrogen (secondary N) is 1. The molecule has 176 valence electrons. The average molecular weight is 467 g/mol. The van der Waals surface area contributed by atoms with Gasteiger partial charge in [0.15, 0.2) is 5.82 Å². The number of ether oxygens (including phenoxy) is 1. The molecule has 1 amide bonds. The molecule has 1 aliphatic rings. The second-order valence-electron chi connectivity index (χ2n) is 7.91. The van der Waals surface area contributed by atoms with Gasteiger partial charge in [0.2, 0.25) is 0 Å². The van der Waals surface area contributed by atoms with Crippen LogP contribution in [0.3, 0.4) is 0 Å². The number of rotatable bonds is 7. The lowest BCUT2D eigenvalue weighted by Gasteiger charge is -2.20. The monoisotopic (exact) mass is 467 g/mol. The van der Waals surface area contributed by atoms with Crippen LogP contribution in [-0.2, 0) is 4.74 Å². The molecule has 9 nitrogen and oxygen atoms in total. The van der Waals surface area contributed by atoms with Crippen molar-refractivity contribution < 1.29 is 29.1 Å². The molecule has 0 bridgehead atoms. The number of hydrogen-bond donors (Lipinski definition) is 4. The minimum atomic E-state index is -1.77. The van der Waals surface area contributed by atoms with E-state index in [4.69, 9.17) is 10.5 Å². The quantitative estimate of drug-likeness (QED) is 0.237. The Balaban J connectivity index is 1.37. The summed E-state index contributed by atoms with van der Waals surface area (Å²) in [5, 5.41) is 33.8. The highest BCUT2D eigenvalue weighted by molar-refractivity contribution is 5.79. The third-order valence-electron chi connectivity index (χ3n) is 5.84. The Morgan fingerprint density at radius 3 is 2.29 bits per heavy atom. The number of nitrogen functional groups attached to an aromatic ring is 1. The Hall–Kier alpha value is -4.02. The largest absolute Gasteiger partial charge is 0.449 e. The molecule has 0 saturated carbocycles. The Labute approximate surface area is 193 Å². The maximum absolute atomic E-state index is 13.9. The summed E-state index contributed by atoms with van der Waals surface area (Å²) in [4.78, 5) is 22.3. The molecule has 0 fully saturated rings. The molecule has 0 spiro atoms. The number of fused-ring (bicyclic) bond motifs is 3. The van der Waals surface area contributed by atoms with Gasteiger partial charge in [-0.15, -0.1) is 0 Å². The molecule has 3 aromatic rings. The van der Waals surface area contributed by atoms with Crippen LogP contribution in [-0.4, -0.2) is 40.5 Å². The van der Waals surface area contributed by atoms with E-state index in [1.165, 1.54) is 0 Å². The van der Waals surface area contributed by atoms with E-state index in [9.17, 15) is 29.5 Å². The number of nitro groups is 1. The summed E-state index contributed by atoms with van der Waals surface area (Å²) < 4.78 is 19.2. The summed E-state index contributed by atoms with van der Waals surface area (Å²) in [6, 6.07) is 17.2. The molecular weight excluding hydrogens is 445 g/mol. The first-order chi connectivity index (χ1) is 16.3. The Morgan fingerprint density at radius 2 is 1.71 bits per heavy atom. The lowest BCUT2D eigenvalue weighted by molar-refractivity contribution is -0.385. The van der Waals surface area contributed by atoms with E-state index < -0.39 is 47.0 Å². The predicted molar refractivity (Wildman–Crippen MR) is 122 cm³/mol. The molecule has 0 radical (unpaired) electrons. The van der Waals surface area contributed by atoms with Gasteiger partial charge in [-0.25, -0.2) is 9.18 Å². The topological polar surface area (TPSA) is 148 Å². The summed E-state index contributed by atoms with van der Waals surface area (Å²) in [6.07, 6.45) is -4.22. The molecule has 2 atom stereocenters. The Kier molecular flexibility index (Phi) is 6.44. The zero-order valence-corrected chi connectivity index (χ0v) is 17.8. The van der Waals surface area contributed by atoms with Crippen molar-refractivity contribution in [3.05, 3.63) is 93.3 Å². The molecule has 1 aliphatic carbocycles. The average Bonchev–Trinajstić information content (AvgIpc) is 3.16. The third kappa shape index (κ3) is 4.41. The first kappa shape index (κ1) is 23.1. The molecule has 4 rings (SSSR count). The number of benzene rings is 3. The van der Waals surface area contributed by atoms with Crippen LogP contribution in [0.25, 0.3) is 11.1 Å². The van der Waals surface area contributed by atoms with E-state index in [1.54, 1.807) is 0 Å². The van der Waals surface area contributed by atoms with Crippen molar-refractivity contribution in [3.8, 4) is 11.1 Å². The molecular formula is C24H22FN3O6. The molecule has 0 heterocycles. The summed E-state index contributed by atoms with van der Waals surface area (Å²) in [7, 11) is 0. The number of aliphatic hydroxyl groups is 2. The van der Waals surface area contributed by atoms with E-state index in [0.29, 0.717) is 6.07 Å². The maximum Gasteiger partial charge on any atom is 0.407 e. The van der Waals surface area contributed by atoms with Crippen molar-refractivity contribution in [3.63, 3.8) is 0 Å². The number of anilines is 1. The molecule has 10 heteroatoms. The van der Waals surface area contributed by atoms with Crippen molar-refractivity contribution in [1.82, 2.24) is 5.32 Å². The fourth-order valence-corrected chi connectivity index (χ4v) is 4.13. The SMILES string of the molecule is Nc1c(F)cc([N+](=O)[O-])cc1C(O)C(O)CNC(=O)OCC1c2ccccc2-c2ccccc21. The number of nitrogens with zero attached hydrogens (tertiary/aromatic N) is 1. The predicted octanol–water partition coefficient (Wildman–Crippen LogP) is 3.25. The summed E-state index contributed by atoms with van der Waals surface area (Å²) in [5.41, 5.74) is 8.28. The number of alkyl carbamates (subject to hydrolysis) is 1. The van der Waals surface area contributed by atoms with Crippen LogP contribution in [0, 0.1) is 15.9 Å². The van der Waals surface area contributed by atoms with Gasteiger partial charge in [-0.3, -0.25) is 10.1 Å². The number of carbonyl (C=O) groups excluding carboxylic acids is 1. The van der Waals surface area contributed by atoms with Gasteiger partial charge in [-0.2, -0.15) is 0 Å². The van der Waals surface area contributed by atoms with Crippen molar-refractivity contribution in [2.45, 2.75) is 18.1 Å². The molecule has 2 unspecified atom stereocenters. The number of nitrogens with two attached hydrogens (primary N) is 1. The highest BCUT2D eigenvalue weighted by Crippen LogP contribution is 2.44. The number of non-ortho nitro benzene ring substituents is 1. The van der Waals surface area contributed by atoms with Gasteiger partial charge in [-0.1, -0.05) is 48.5 Å². The van der Waals surface area contributed by atoms with Gasteiger partial charge >= 0.3 is 6.09 Å². The minimum absolute atomic E-state index is 0.0571. The van der Waals surface area contributed by atoms with Crippen LogP contribution < -0.4 is 11.1 Å². The van der Waals surface area contributed by atoms with E-state index in [-0.39, 0.29) is 18.1 Å². The number of nitro benzene ring substituents is 1. The van der Waals surface area contributed by atoms with Crippen LogP contribution in [0.4, 0.5) is 20.6 Å². The zero-order chi connectivity index (χ0) is 24.4. The summed E-state index contributed by atoms with van der Waals surface area (Å²) in [5.74, 6) is -1.25. The van der Waals surface area contributed by atoms with Crippen LogP contribution in [0.1, 0.15) is 28.7 Å². The summed E-state index contributed by atoms with van der Waals surface area (Å²) in [6.45, 7) is -0.400. The van der Waals surface area contributed by atoms with Crippen LogP contribution >= 0.6 is 0 Å². The molecule has 5 N–H and O–H groups in total. The molecule has 3 aromatic carbocycles. The van der Waals surface area contributed by atoms with E-state index in [1.807, 2.05) is 48.5 Å². The first-order valence-electron chi connectivity index (χ1n) is 10.5. The standard InChI is InChI=1S/C24H22FN3O6/c25-20-10-13(28(32)33)9-18(22(20)26)23(30)21(29)11-27-24(31)34-12-19-16-7-3-1-5-14(16)15-6-2-4-8-17(15)19/h1-10,19,21,23,29-30H,11-12,26H2,(H,27,31). The Bertz CT molecular complexity index is 1210. The van der Waals surface area contributed by atoms with Crippen molar-refractivity contribution in [1.29, 1.82) is 0 Å². The minimum Gasteiger partial charge on any atom is -0.449 e. The maximum atomic E-state index is 13.9. The van der Waals surface area contributed by atoms with Gasteiger partial charge < -0.3 is 26.0 Å². The smallest absolute Gasteiger partial charge is 0.407 e. The molecule has 0 aromatic heterocycles. The normalized spacial score (nSPS) is 14.1. The fourth-order valence-electron chi connectivity index (χ4n) is 4.13. The Morgan fingerprint density at radius 1 is 1.12 bits per heavy atom. The van der Waals surface area contributed by atoms with Gasteiger partial charge in [-0.05, 0) is 22.3 Å².